The Balaban J connectivity index is 1.55. The van der Waals surface area contributed by atoms with Crippen molar-refractivity contribution >= 4 is 23.5 Å². The summed E-state index contributed by atoms with van der Waals surface area (Å²) in [6.07, 6.45) is 0.647. The zero-order valence-electron chi connectivity index (χ0n) is 14.1. The Morgan fingerprint density at radius 2 is 1.58 bits per heavy atom. The Kier molecular flexibility index (Phi) is 6.28. The molecule has 3 aromatic rings. The van der Waals surface area contributed by atoms with Crippen molar-refractivity contribution in [2.75, 3.05) is 11.9 Å². The zero-order valence-corrected chi connectivity index (χ0v) is 14.9. The summed E-state index contributed by atoms with van der Waals surface area (Å²) in [6.45, 7) is 0.478. The van der Waals surface area contributed by atoms with Crippen LogP contribution >= 0.6 is 11.8 Å². The van der Waals surface area contributed by atoms with Crippen molar-refractivity contribution in [2.24, 2.45) is 0 Å². The first kappa shape index (κ1) is 18.0. The highest BCUT2D eigenvalue weighted by Crippen LogP contribution is 2.33. The van der Waals surface area contributed by atoms with Crippen molar-refractivity contribution in [2.45, 2.75) is 16.2 Å². The molecule has 0 heterocycles. The molecule has 0 aliphatic rings. The summed E-state index contributed by atoms with van der Waals surface area (Å²) < 4.78 is 12.9. The highest BCUT2D eigenvalue weighted by atomic mass is 32.2. The molecule has 3 rings (SSSR count). The smallest absolute Gasteiger partial charge is 0.319 e. The number of urea groups is 1. The number of rotatable bonds is 6. The van der Waals surface area contributed by atoms with Crippen LogP contribution in [0.2, 0.25) is 0 Å². The number of carbonyl (C=O) groups is 1. The minimum absolute atomic E-state index is 0.256. The summed E-state index contributed by atoms with van der Waals surface area (Å²) in [5.41, 5.74) is 1.74. The third-order valence-corrected chi connectivity index (χ3v) is 4.80. The fourth-order valence-corrected chi connectivity index (χ4v) is 3.34. The standard InChI is InChI=1S/C21H19FN2OS/c22-17-12-10-16(11-13-17)14-15-23-21(25)24-19-8-4-5-9-20(19)26-18-6-2-1-3-7-18/h1-13H,14-15H2,(H2,23,24,25). The lowest BCUT2D eigenvalue weighted by molar-refractivity contribution is 0.252. The Morgan fingerprint density at radius 3 is 2.35 bits per heavy atom. The third-order valence-electron chi connectivity index (χ3n) is 3.72. The van der Waals surface area contributed by atoms with Gasteiger partial charge in [0.2, 0.25) is 0 Å². The second-order valence-electron chi connectivity index (χ2n) is 5.67. The summed E-state index contributed by atoms with van der Waals surface area (Å²) in [7, 11) is 0. The molecule has 0 aromatic heterocycles. The topological polar surface area (TPSA) is 41.1 Å². The second-order valence-corrected chi connectivity index (χ2v) is 6.78. The number of para-hydroxylation sites is 1. The van der Waals surface area contributed by atoms with Crippen LogP contribution in [0, 0.1) is 5.82 Å². The second kappa shape index (κ2) is 9.06. The molecule has 0 aliphatic carbocycles. The average Bonchev–Trinajstić information content (AvgIpc) is 2.66. The van der Waals surface area contributed by atoms with Gasteiger partial charge in [-0.2, -0.15) is 0 Å². The van der Waals surface area contributed by atoms with Gasteiger partial charge in [-0.25, -0.2) is 9.18 Å². The van der Waals surface area contributed by atoms with E-state index in [1.165, 1.54) is 12.1 Å². The fraction of sp³-hybridized carbons (Fsp3) is 0.0952. The maximum Gasteiger partial charge on any atom is 0.319 e. The van der Waals surface area contributed by atoms with Crippen molar-refractivity contribution in [3.8, 4) is 0 Å². The number of nitrogens with one attached hydrogen (secondary N) is 2. The van der Waals surface area contributed by atoms with Gasteiger partial charge in [0.15, 0.2) is 0 Å². The molecular formula is C21H19FN2OS. The van der Waals surface area contributed by atoms with Crippen LogP contribution in [0.5, 0.6) is 0 Å². The van der Waals surface area contributed by atoms with Crippen LogP contribution < -0.4 is 10.6 Å². The predicted molar refractivity (Wildman–Crippen MR) is 104 cm³/mol. The van der Waals surface area contributed by atoms with Gasteiger partial charge < -0.3 is 10.6 Å². The van der Waals surface area contributed by atoms with E-state index < -0.39 is 0 Å². The molecule has 26 heavy (non-hydrogen) atoms. The molecule has 5 heteroatoms. The fourth-order valence-electron chi connectivity index (χ4n) is 2.41. The van der Waals surface area contributed by atoms with E-state index in [0.717, 1.165) is 21.0 Å². The van der Waals surface area contributed by atoms with Crippen LogP contribution in [0.4, 0.5) is 14.9 Å². The highest BCUT2D eigenvalue weighted by Gasteiger charge is 2.07. The molecule has 0 unspecified atom stereocenters. The number of amides is 2. The summed E-state index contributed by atoms with van der Waals surface area (Å²) in [5, 5.41) is 5.73. The number of anilines is 1. The SMILES string of the molecule is O=C(NCCc1ccc(F)cc1)Nc1ccccc1Sc1ccccc1. The van der Waals surface area contributed by atoms with Gasteiger partial charge in [-0.1, -0.05) is 54.2 Å². The van der Waals surface area contributed by atoms with Crippen LogP contribution in [0.3, 0.4) is 0 Å². The normalized spacial score (nSPS) is 10.3. The first-order valence-corrected chi connectivity index (χ1v) is 9.13. The van der Waals surface area contributed by atoms with Crippen molar-refractivity contribution in [1.29, 1.82) is 0 Å². The molecule has 0 bridgehead atoms. The minimum atomic E-state index is -0.257. The molecule has 0 fully saturated rings. The number of halogens is 1. The summed E-state index contributed by atoms with van der Waals surface area (Å²) in [5.74, 6) is -0.257. The van der Waals surface area contributed by atoms with Crippen molar-refractivity contribution < 1.29 is 9.18 Å². The molecule has 2 N–H and O–H groups in total. The largest absolute Gasteiger partial charge is 0.338 e. The van der Waals surface area contributed by atoms with Crippen LogP contribution in [-0.4, -0.2) is 12.6 Å². The number of hydrogen-bond acceptors (Lipinski definition) is 2. The Bertz CT molecular complexity index is 853. The van der Waals surface area contributed by atoms with Crippen LogP contribution in [0.1, 0.15) is 5.56 Å². The first-order valence-electron chi connectivity index (χ1n) is 8.32. The van der Waals surface area contributed by atoms with E-state index in [-0.39, 0.29) is 11.8 Å². The summed E-state index contributed by atoms with van der Waals surface area (Å²) in [6, 6.07) is 23.7. The van der Waals surface area contributed by atoms with Gasteiger partial charge in [-0.3, -0.25) is 0 Å². The van der Waals surface area contributed by atoms with Crippen LogP contribution in [0.25, 0.3) is 0 Å². The lowest BCUT2D eigenvalue weighted by Crippen LogP contribution is -2.30. The van der Waals surface area contributed by atoms with Gasteiger partial charge in [-0.05, 0) is 48.4 Å². The molecule has 0 atom stereocenters. The lowest BCUT2D eigenvalue weighted by atomic mass is 10.1. The van der Waals surface area contributed by atoms with E-state index >= 15 is 0 Å². The molecule has 0 saturated carbocycles. The predicted octanol–water partition coefficient (Wildman–Crippen LogP) is 5.34. The van der Waals surface area contributed by atoms with E-state index in [0.29, 0.717) is 13.0 Å². The van der Waals surface area contributed by atoms with E-state index in [4.69, 9.17) is 0 Å². The zero-order chi connectivity index (χ0) is 18.2. The van der Waals surface area contributed by atoms with Crippen molar-refractivity contribution in [1.82, 2.24) is 5.32 Å². The van der Waals surface area contributed by atoms with Gasteiger partial charge in [0.05, 0.1) is 5.69 Å². The van der Waals surface area contributed by atoms with Gasteiger partial charge in [0.1, 0.15) is 5.82 Å². The quantitative estimate of drug-likeness (QED) is 0.618. The lowest BCUT2D eigenvalue weighted by Gasteiger charge is -2.12. The van der Waals surface area contributed by atoms with Crippen LogP contribution in [-0.2, 0) is 6.42 Å². The van der Waals surface area contributed by atoms with Gasteiger partial charge in [-0.15, -0.1) is 0 Å². The Labute approximate surface area is 156 Å². The molecule has 0 spiro atoms. The molecule has 0 saturated heterocycles. The molecular weight excluding hydrogens is 347 g/mol. The first-order chi connectivity index (χ1) is 12.7. The number of hydrogen-bond donors (Lipinski definition) is 2. The molecule has 132 valence electrons. The maximum absolute atomic E-state index is 12.9. The van der Waals surface area contributed by atoms with E-state index in [2.05, 4.69) is 10.6 Å². The molecule has 3 aromatic carbocycles. The van der Waals surface area contributed by atoms with Gasteiger partial charge >= 0.3 is 6.03 Å². The summed E-state index contributed by atoms with van der Waals surface area (Å²) in [4.78, 5) is 14.3. The molecule has 0 radical (unpaired) electrons. The highest BCUT2D eigenvalue weighted by molar-refractivity contribution is 7.99. The molecule has 3 nitrogen and oxygen atoms in total. The van der Waals surface area contributed by atoms with Crippen LogP contribution in [0.15, 0.2) is 88.7 Å². The average molecular weight is 366 g/mol. The van der Waals surface area contributed by atoms with E-state index in [9.17, 15) is 9.18 Å². The maximum atomic E-state index is 12.9. The Morgan fingerprint density at radius 1 is 0.885 bits per heavy atom. The van der Waals surface area contributed by atoms with E-state index in [1.54, 1.807) is 23.9 Å². The van der Waals surface area contributed by atoms with Crippen molar-refractivity contribution in [3.05, 3.63) is 90.2 Å². The molecule has 2 amide bonds. The third kappa shape index (κ3) is 5.36. The number of benzene rings is 3. The monoisotopic (exact) mass is 366 g/mol. The van der Waals surface area contributed by atoms with Gasteiger partial charge in [0.25, 0.3) is 0 Å². The van der Waals surface area contributed by atoms with E-state index in [1.807, 2.05) is 54.6 Å². The summed E-state index contributed by atoms with van der Waals surface area (Å²) >= 11 is 1.60. The minimum Gasteiger partial charge on any atom is -0.338 e. The number of carbonyl (C=O) groups excluding carboxylic acids is 1. The van der Waals surface area contributed by atoms with Gasteiger partial charge in [0, 0.05) is 16.3 Å². The van der Waals surface area contributed by atoms with Crippen molar-refractivity contribution in [3.63, 3.8) is 0 Å². The molecule has 0 aliphatic heterocycles. The Hall–Kier alpha value is -2.79.